The minimum absolute atomic E-state index is 0.272. The van der Waals surface area contributed by atoms with Gasteiger partial charge in [0.05, 0.1) is 5.69 Å². The summed E-state index contributed by atoms with van der Waals surface area (Å²) < 4.78 is 22.2. The maximum atomic E-state index is 5.70. The molecule has 2 aromatic rings. The fourth-order valence-corrected chi connectivity index (χ4v) is 1.90. The summed E-state index contributed by atoms with van der Waals surface area (Å²) >= 11 is 0. The summed E-state index contributed by atoms with van der Waals surface area (Å²) in [5.74, 6) is 3.38. The molecule has 5 heteroatoms. The molecule has 0 unspecified atom stereocenters. The van der Waals surface area contributed by atoms with E-state index in [1.807, 2.05) is 32.0 Å². The lowest BCUT2D eigenvalue weighted by molar-refractivity contribution is 0.158. The highest BCUT2D eigenvalue weighted by Gasteiger charge is 2.17. The number of aromatic nitrogens is 1. The van der Waals surface area contributed by atoms with Crippen molar-refractivity contribution < 1.29 is 18.6 Å². The third kappa shape index (κ3) is 2.36. The largest absolute Gasteiger partial charge is 0.486 e. The molecule has 1 aromatic heterocycles. The lowest BCUT2D eigenvalue weighted by Gasteiger charge is -2.20. The summed E-state index contributed by atoms with van der Waals surface area (Å²) in [5, 5.41) is 0. The Bertz CT molecular complexity index is 572. The molecule has 0 N–H and O–H groups in total. The topological polar surface area (TPSA) is 53.7 Å². The van der Waals surface area contributed by atoms with Gasteiger partial charge in [-0.1, -0.05) is 6.07 Å². The number of benzene rings is 1. The zero-order valence-electron chi connectivity index (χ0n) is 10.9. The van der Waals surface area contributed by atoms with Crippen LogP contribution in [-0.2, 0) is 6.61 Å². The number of ether oxygens (including phenoxy) is 3. The Morgan fingerprint density at radius 2 is 2.05 bits per heavy atom. The first-order chi connectivity index (χ1) is 9.24. The number of aryl methyl sites for hydroxylation is 2. The molecule has 0 spiro atoms. The second kappa shape index (κ2) is 4.84. The summed E-state index contributed by atoms with van der Waals surface area (Å²) in [6.07, 6.45) is 0. The van der Waals surface area contributed by atoms with E-state index < -0.39 is 0 Å². The predicted molar refractivity (Wildman–Crippen MR) is 67.7 cm³/mol. The molecule has 1 aliphatic heterocycles. The number of hydrogen-bond donors (Lipinski definition) is 0. The van der Waals surface area contributed by atoms with Crippen LogP contribution in [0.2, 0.25) is 0 Å². The minimum atomic E-state index is 0.272. The van der Waals surface area contributed by atoms with E-state index in [1.165, 1.54) is 0 Å². The molecule has 100 valence electrons. The van der Waals surface area contributed by atoms with Crippen molar-refractivity contribution in [1.82, 2.24) is 4.98 Å². The van der Waals surface area contributed by atoms with E-state index >= 15 is 0 Å². The fourth-order valence-electron chi connectivity index (χ4n) is 1.90. The van der Waals surface area contributed by atoms with Gasteiger partial charge in [0.2, 0.25) is 11.6 Å². The van der Waals surface area contributed by atoms with Crippen molar-refractivity contribution in [3.05, 3.63) is 35.5 Å². The standard InChI is InChI=1S/C14H15NO4/c1-9-10(2)19-13(15-9)8-18-12-5-3-4-11-14(12)17-7-6-16-11/h3-5H,6-8H2,1-2H3. The van der Waals surface area contributed by atoms with Crippen molar-refractivity contribution in [2.75, 3.05) is 13.2 Å². The van der Waals surface area contributed by atoms with Crippen LogP contribution in [0.15, 0.2) is 22.6 Å². The maximum Gasteiger partial charge on any atom is 0.232 e. The van der Waals surface area contributed by atoms with Crippen LogP contribution in [0.25, 0.3) is 0 Å². The van der Waals surface area contributed by atoms with Crippen molar-refractivity contribution in [2.24, 2.45) is 0 Å². The Kier molecular flexibility index (Phi) is 3.03. The molecule has 0 atom stereocenters. The number of oxazole rings is 1. The first-order valence-corrected chi connectivity index (χ1v) is 6.18. The van der Waals surface area contributed by atoms with E-state index in [4.69, 9.17) is 18.6 Å². The minimum Gasteiger partial charge on any atom is -0.486 e. The molecule has 0 bridgehead atoms. The lowest BCUT2D eigenvalue weighted by Crippen LogP contribution is -2.16. The van der Waals surface area contributed by atoms with Crippen LogP contribution in [-0.4, -0.2) is 18.2 Å². The zero-order valence-corrected chi connectivity index (χ0v) is 10.9. The molecule has 5 nitrogen and oxygen atoms in total. The summed E-state index contributed by atoms with van der Waals surface area (Å²) in [6.45, 7) is 5.16. The van der Waals surface area contributed by atoms with Gasteiger partial charge in [-0.05, 0) is 26.0 Å². The summed E-state index contributed by atoms with van der Waals surface area (Å²) in [7, 11) is 0. The third-order valence-corrected chi connectivity index (χ3v) is 2.95. The summed E-state index contributed by atoms with van der Waals surface area (Å²) in [6, 6.07) is 5.58. The molecule has 0 saturated heterocycles. The van der Waals surface area contributed by atoms with Gasteiger partial charge in [-0.15, -0.1) is 0 Å². The molecule has 1 aliphatic rings. The average molecular weight is 261 g/mol. The SMILES string of the molecule is Cc1nc(COc2cccc3c2OCCO3)oc1C. The Hall–Kier alpha value is -2.17. The van der Waals surface area contributed by atoms with Crippen LogP contribution in [0, 0.1) is 13.8 Å². The molecular formula is C14H15NO4. The highest BCUT2D eigenvalue weighted by molar-refractivity contribution is 5.51. The predicted octanol–water partition coefficient (Wildman–Crippen LogP) is 2.64. The van der Waals surface area contributed by atoms with Crippen molar-refractivity contribution in [3.8, 4) is 17.2 Å². The van der Waals surface area contributed by atoms with Gasteiger partial charge in [-0.25, -0.2) is 4.98 Å². The van der Waals surface area contributed by atoms with Crippen LogP contribution in [0.5, 0.6) is 17.2 Å². The molecule has 19 heavy (non-hydrogen) atoms. The molecule has 1 aromatic carbocycles. The second-order valence-electron chi connectivity index (χ2n) is 4.32. The van der Waals surface area contributed by atoms with Crippen molar-refractivity contribution in [2.45, 2.75) is 20.5 Å². The van der Waals surface area contributed by atoms with Crippen LogP contribution in [0.4, 0.5) is 0 Å². The summed E-state index contributed by atoms with van der Waals surface area (Å²) in [5.41, 5.74) is 0.883. The van der Waals surface area contributed by atoms with Crippen LogP contribution in [0.1, 0.15) is 17.3 Å². The average Bonchev–Trinajstić information content (AvgIpc) is 2.75. The number of fused-ring (bicyclic) bond motifs is 1. The van der Waals surface area contributed by atoms with Crippen molar-refractivity contribution in [1.29, 1.82) is 0 Å². The van der Waals surface area contributed by atoms with E-state index in [2.05, 4.69) is 4.98 Å². The zero-order chi connectivity index (χ0) is 13.2. The summed E-state index contributed by atoms with van der Waals surface area (Å²) in [4.78, 5) is 4.27. The highest BCUT2D eigenvalue weighted by atomic mass is 16.6. The van der Waals surface area contributed by atoms with Crippen molar-refractivity contribution in [3.63, 3.8) is 0 Å². The first-order valence-electron chi connectivity index (χ1n) is 6.18. The Morgan fingerprint density at radius 3 is 2.84 bits per heavy atom. The first kappa shape index (κ1) is 11.9. The molecule has 3 rings (SSSR count). The lowest BCUT2D eigenvalue weighted by atomic mass is 10.3. The number of rotatable bonds is 3. The molecule has 0 aliphatic carbocycles. The third-order valence-electron chi connectivity index (χ3n) is 2.95. The molecule has 0 fully saturated rings. The van der Waals surface area contributed by atoms with E-state index in [1.54, 1.807) is 0 Å². The van der Waals surface area contributed by atoms with Crippen LogP contribution < -0.4 is 14.2 Å². The normalized spacial score (nSPS) is 13.4. The molecule has 2 heterocycles. The quantitative estimate of drug-likeness (QED) is 0.850. The Morgan fingerprint density at radius 1 is 1.21 bits per heavy atom. The second-order valence-corrected chi connectivity index (χ2v) is 4.32. The highest BCUT2D eigenvalue weighted by Crippen LogP contribution is 2.39. The van der Waals surface area contributed by atoms with E-state index in [0.29, 0.717) is 36.4 Å². The van der Waals surface area contributed by atoms with Crippen molar-refractivity contribution >= 4 is 0 Å². The van der Waals surface area contributed by atoms with Gasteiger partial charge in [0, 0.05) is 0 Å². The number of nitrogens with zero attached hydrogens (tertiary/aromatic N) is 1. The Balaban J connectivity index is 1.76. The van der Waals surface area contributed by atoms with Gasteiger partial charge >= 0.3 is 0 Å². The van der Waals surface area contributed by atoms with Crippen LogP contribution >= 0.6 is 0 Å². The monoisotopic (exact) mass is 261 g/mol. The molecular weight excluding hydrogens is 246 g/mol. The van der Waals surface area contributed by atoms with E-state index in [-0.39, 0.29) is 6.61 Å². The molecule has 0 amide bonds. The number of para-hydroxylation sites is 1. The fraction of sp³-hybridized carbons (Fsp3) is 0.357. The smallest absolute Gasteiger partial charge is 0.232 e. The van der Waals surface area contributed by atoms with Gasteiger partial charge in [0.1, 0.15) is 19.0 Å². The molecule has 0 radical (unpaired) electrons. The molecule has 0 saturated carbocycles. The van der Waals surface area contributed by atoms with Gasteiger partial charge in [0.25, 0.3) is 0 Å². The maximum absolute atomic E-state index is 5.70. The van der Waals surface area contributed by atoms with Gasteiger partial charge in [-0.3, -0.25) is 0 Å². The van der Waals surface area contributed by atoms with E-state index in [0.717, 1.165) is 11.5 Å². The number of hydrogen-bond acceptors (Lipinski definition) is 5. The van der Waals surface area contributed by atoms with Crippen LogP contribution in [0.3, 0.4) is 0 Å². The van der Waals surface area contributed by atoms with E-state index in [9.17, 15) is 0 Å². The van der Waals surface area contributed by atoms with Gasteiger partial charge in [0.15, 0.2) is 18.1 Å². The van der Waals surface area contributed by atoms with Gasteiger partial charge in [-0.2, -0.15) is 0 Å². The Labute approximate surface area is 111 Å². The van der Waals surface area contributed by atoms with Gasteiger partial charge < -0.3 is 18.6 Å².